The number of likely N-dealkylation sites (N-methyl/N-ethyl adjacent to an activating group) is 1. The van der Waals surface area contributed by atoms with Crippen molar-refractivity contribution in [2.45, 2.75) is 129 Å². The predicted octanol–water partition coefficient (Wildman–Crippen LogP) is 6.44. The second-order valence-electron chi connectivity index (χ2n) is 18.3. The molecule has 1 saturated heterocycles. The molecule has 4 N–H and O–H groups in total. The Kier molecular flexibility index (Phi) is 16.3. The molecule has 17 nitrogen and oxygen atoms in total. The first-order valence-corrected chi connectivity index (χ1v) is 24.3. The summed E-state index contributed by atoms with van der Waals surface area (Å²) in [6.45, 7) is 13.9. The number of methoxy groups -OCH3 is 1. The molecule has 3 amide bonds. The van der Waals surface area contributed by atoms with E-state index in [9.17, 15) is 32.7 Å². The number of allylic oxidation sites excluding steroid dienone is 1. The molecule has 5 rings (SSSR count). The lowest BCUT2D eigenvalue weighted by Gasteiger charge is -2.33. The molecule has 3 aromatic rings. The fourth-order valence-corrected chi connectivity index (χ4v) is 9.38. The maximum absolute atomic E-state index is 14.3. The Morgan fingerprint density at radius 2 is 1.83 bits per heavy atom. The highest BCUT2D eigenvalue weighted by atomic mass is 32.2. The summed E-state index contributed by atoms with van der Waals surface area (Å²) in [5, 5.41) is 21.5. The largest absolute Gasteiger partial charge is 0.497 e. The van der Waals surface area contributed by atoms with Crippen LogP contribution in [-0.2, 0) is 29.1 Å². The molecule has 3 heterocycles. The molecule has 3 unspecified atom stereocenters. The van der Waals surface area contributed by atoms with Crippen LogP contribution in [0.4, 0.5) is 9.93 Å². The van der Waals surface area contributed by atoms with Crippen molar-refractivity contribution in [3.05, 3.63) is 41.8 Å². The van der Waals surface area contributed by atoms with Crippen LogP contribution in [0.2, 0.25) is 0 Å². The van der Waals surface area contributed by atoms with Crippen molar-refractivity contribution in [1.82, 2.24) is 29.8 Å². The Bertz CT molecular complexity index is 2290. The third-order valence-electron chi connectivity index (χ3n) is 11.5. The average Bonchev–Trinajstić information content (AvgIpc) is 3.49. The maximum Gasteiger partial charge on any atom is 0.407 e. The van der Waals surface area contributed by atoms with Gasteiger partial charge in [0.25, 0.3) is 0 Å². The molecule has 1 aliphatic heterocycles. The number of aromatic nitrogens is 2. The lowest BCUT2D eigenvalue weighted by Crippen LogP contribution is -2.54. The summed E-state index contributed by atoms with van der Waals surface area (Å²) in [5.74, 6) is -1.89. The summed E-state index contributed by atoms with van der Waals surface area (Å²) < 4.78 is 44.7. The van der Waals surface area contributed by atoms with E-state index in [1.807, 2.05) is 37.4 Å². The van der Waals surface area contributed by atoms with E-state index >= 15 is 0 Å². The van der Waals surface area contributed by atoms with Gasteiger partial charge in [-0.1, -0.05) is 52.7 Å². The standard InChI is InChI=1S/C45H65N7O10S2/c1-11-12-13-14-15-16-29-22-45(29,41(55)56)50-40(54)36-20-31(24-52(36)39(53)23-46-43(57)62-38(44(6,7)8)25-51(9)64(58,59)28(4)5)61-37-21-34(35-26-63-42(49-35)47-27(2)3)48-33-19-30(60-10)17-18-32(33)37/h15-19,21,26-29,31,36,38H,11-14,20,22-25H2,1-10H3,(H,46,57)(H,47,49)(H,50,54)(H,55,56)/b16-15-/t29?,31?,36-,38?,45+/m0/s1. The zero-order valence-electron chi connectivity index (χ0n) is 38.6. The molecule has 0 radical (unpaired) electrons. The van der Waals surface area contributed by atoms with Gasteiger partial charge in [-0.2, -0.15) is 0 Å². The van der Waals surface area contributed by atoms with E-state index in [2.05, 4.69) is 22.9 Å². The van der Waals surface area contributed by atoms with Crippen LogP contribution in [0.5, 0.6) is 11.5 Å². The number of pyridine rings is 1. The smallest absolute Gasteiger partial charge is 0.407 e. The number of nitrogens with zero attached hydrogens (tertiary/aromatic N) is 4. The number of thiazole rings is 1. The highest BCUT2D eigenvalue weighted by molar-refractivity contribution is 7.89. The number of carbonyl (C=O) groups is 4. The molecule has 0 spiro atoms. The number of nitrogens with one attached hydrogen (secondary N) is 3. The Hall–Kier alpha value is -5.01. The van der Waals surface area contributed by atoms with Gasteiger partial charge in [-0.25, -0.2) is 32.3 Å². The Balaban J connectivity index is 1.40. The molecule has 0 bridgehead atoms. The van der Waals surface area contributed by atoms with E-state index in [-0.39, 0.29) is 32.0 Å². The molecule has 64 heavy (non-hydrogen) atoms. The second kappa shape index (κ2) is 20.9. The molecular formula is C45H65N7O10S2. The quantitative estimate of drug-likeness (QED) is 0.0669. The monoisotopic (exact) mass is 927 g/mol. The molecule has 2 aliphatic rings. The van der Waals surface area contributed by atoms with E-state index in [0.717, 1.165) is 35.1 Å². The van der Waals surface area contributed by atoms with Crippen LogP contribution < -0.4 is 25.4 Å². The number of fused-ring (bicyclic) bond motifs is 1. The lowest BCUT2D eigenvalue weighted by atomic mass is 9.89. The number of alkyl carbamates (subject to hydrolysis) is 1. The first-order chi connectivity index (χ1) is 30.1. The van der Waals surface area contributed by atoms with Crippen molar-refractivity contribution in [2.75, 3.05) is 39.1 Å². The van der Waals surface area contributed by atoms with Crippen molar-refractivity contribution < 1.29 is 46.9 Å². The van der Waals surface area contributed by atoms with Crippen LogP contribution in [0.25, 0.3) is 22.3 Å². The minimum absolute atomic E-state index is 0.00641. The van der Waals surface area contributed by atoms with Crippen LogP contribution in [0.15, 0.2) is 41.8 Å². The summed E-state index contributed by atoms with van der Waals surface area (Å²) in [6, 6.07) is 6.13. The normalized spacial score (nSPS) is 20.5. The van der Waals surface area contributed by atoms with Crippen molar-refractivity contribution in [2.24, 2.45) is 11.3 Å². The highest BCUT2D eigenvalue weighted by Gasteiger charge is 2.61. The maximum atomic E-state index is 14.3. The van der Waals surface area contributed by atoms with Crippen molar-refractivity contribution >= 4 is 61.3 Å². The molecular weight excluding hydrogens is 863 g/mol. The number of carboxylic acids is 1. The van der Waals surface area contributed by atoms with Crippen molar-refractivity contribution in [3.63, 3.8) is 0 Å². The first-order valence-electron chi connectivity index (χ1n) is 21.9. The summed E-state index contributed by atoms with van der Waals surface area (Å²) in [4.78, 5) is 65.2. The number of anilines is 1. The molecule has 19 heteroatoms. The van der Waals surface area contributed by atoms with E-state index in [1.165, 1.54) is 23.3 Å². The minimum Gasteiger partial charge on any atom is -0.497 e. The Labute approximate surface area is 380 Å². The van der Waals surface area contributed by atoms with Gasteiger partial charge in [0.1, 0.15) is 47.5 Å². The van der Waals surface area contributed by atoms with Gasteiger partial charge in [-0.3, -0.25) is 9.59 Å². The number of rotatable bonds is 21. The van der Waals surface area contributed by atoms with Crippen molar-refractivity contribution in [1.29, 1.82) is 0 Å². The number of amides is 3. The Morgan fingerprint density at radius 1 is 1.09 bits per heavy atom. The topological polar surface area (TPSA) is 219 Å². The van der Waals surface area contributed by atoms with Gasteiger partial charge in [0.15, 0.2) is 5.13 Å². The van der Waals surface area contributed by atoms with Gasteiger partial charge in [-0.05, 0) is 59.1 Å². The third-order valence-corrected chi connectivity index (χ3v) is 14.5. The zero-order valence-corrected chi connectivity index (χ0v) is 40.2. The fourth-order valence-electron chi connectivity index (χ4n) is 7.47. The number of unbranched alkanes of at least 4 members (excludes halogenated alkanes) is 3. The van der Waals surface area contributed by atoms with E-state index in [4.69, 9.17) is 24.2 Å². The predicted molar refractivity (Wildman–Crippen MR) is 247 cm³/mol. The summed E-state index contributed by atoms with van der Waals surface area (Å²) in [5.41, 5.74) is -0.503. The van der Waals surface area contributed by atoms with Gasteiger partial charge in [-0.15, -0.1) is 11.3 Å². The van der Waals surface area contributed by atoms with Crippen LogP contribution >= 0.6 is 11.3 Å². The summed E-state index contributed by atoms with van der Waals surface area (Å²) in [6.07, 6.45) is 5.31. The molecule has 2 fully saturated rings. The van der Waals surface area contributed by atoms with E-state index < -0.39 is 80.8 Å². The van der Waals surface area contributed by atoms with Gasteiger partial charge >= 0.3 is 12.1 Å². The van der Waals surface area contributed by atoms with E-state index in [0.29, 0.717) is 33.8 Å². The number of ether oxygens (including phenoxy) is 3. The van der Waals surface area contributed by atoms with Crippen LogP contribution in [0.3, 0.4) is 0 Å². The van der Waals surface area contributed by atoms with Gasteiger partial charge in [0, 0.05) is 53.7 Å². The lowest BCUT2D eigenvalue weighted by molar-refractivity contribution is -0.145. The van der Waals surface area contributed by atoms with Gasteiger partial charge in [0.2, 0.25) is 21.8 Å². The fraction of sp³-hybridized carbons (Fsp3) is 0.600. The highest BCUT2D eigenvalue weighted by Crippen LogP contribution is 2.45. The average molecular weight is 928 g/mol. The number of likely N-dealkylation sites (tertiary alicyclic amines) is 1. The molecule has 5 atom stereocenters. The number of aliphatic carboxylic acids is 1. The third kappa shape index (κ3) is 12.2. The number of hydrogen-bond acceptors (Lipinski definition) is 13. The van der Waals surface area contributed by atoms with Crippen LogP contribution in [0.1, 0.15) is 93.9 Å². The Morgan fingerprint density at radius 3 is 2.47 bits per heavy atom. The van der Waals surface area contributed by atoms with Crippen LogP contribution in [-0.4, -0.2) is 125 Å². The molecule has 1 aliphatic carbocycles. The van der Waals surface area contributed by atoms with Crippen LogP contribution in [0, 0.1) is 11.3 Å². The number of benzene rings is 1. The van der Waals surface area contributed by atoms with E-state index in [1.54, 1.807) is 59.9 Å². The van der Waals surface area contributed by atoms with Gasteiger partial charge < -0.3 is 40.2 Å². The number of carbonyl (C=O) groups excluding carboxylic acids is 3. The molecule has 1 aromatic carbocycles. The number of sulfonamides is 1. The first kappa shape index (κ1) is 50.0. The summed E-state index contributed by atoms with van der Waals surface area (Å²) >= 11 is 1.44. The molecule has 352 valence electrons. The minimum atomic E-state index is -3.65. The van der Waals surface area contributed by atoms with Gasteiger partial charge in [0.05, 0.1) is 36.7 Å². The molecule has 1 saturated carbocycles. The summed E-state index contributed by atoms with van der Waals surface area (Å²) in [7, 11) is -0.674. The molecule has 2 aromatic heterocycles. The second-order valence-corrected chi connectivity index (χ2v) is 21.7. The zero-order chi connectivity index (χ0) is 47.1. The number of carboxylic acid groups (broad SMARTS) is 1. The van der Waals surface area contributed by atoms with Crippen molar-refractivity contribution in [3.8, 4) is 22.9 Å². The SMILES string of the molecule is CCCCC/C=C\C1C[C@]1(NC(=O)[C@@H]1CC(Oc2cc(-c3csc(NC(C)C)n3)nc3cc(OC)ccc23)CN1C(=O)CNC(=O)OC(CN(C)S(=O)(=O)C(C)C)C(C)(C)C)C(=O)O. The number of hydrogen-bond donors (Lipinski definition) is 4.